The number of nitrogens with zero attached hydrogens (tertiary/aromatic N) is 2. The molecule has 0 aliphatic rings. The molecule has 0 bridgehead atoms. The van der Waals surface area contributed by atoms with E-state index < -0.39 is 17.5 Å². The van der Waals surface area contributed by atoms with E-state index in [-0.39, 0.29) is 18.5 Å². The third-order valence-electron chi connectivity index (χ3n) is 3.49. The predicted octanol–water partition coefficient (Wildman–Crippen LogP) is 3.89. The van der Waals surface area contributed by atoms with Crippen LogP contribution in [0.5, 0.6) is 0 Å². The number of nitrogens with one attached hydrogen (secondary N) is 1. The number of carbonyl (C=O) groups excluding carboxylic acids is 1. The summed E-state index contributed by atoms with van der Waals surface area (Å²) in [6, 6.07) is 10.5. The number of aryl methyl sites for hydroxylation is 2. The summed E-state index contributed by atoms with van der Waals surface area (Å²) in [5, 5.41) is 6.31. The van der Waals surface area contributed by atoms with Crippen molar-refractivity contribution in [3.05, 3.63) is 65.6 Å². The number of halogens is 2. The van der Waals surface area contributed by atoms with Crippen molar-refractivity contribution in [3.63, 3.8) is 0 Å². The van der Waals surface area contributed by atoms with Crippen LogP contribution in [0.1, 0.15) is 17.9 Å². The number of aromatic nitrogens is 2. The molecule has 128 valence electrons. The number of hydrogen-bond donors (Lipinski definition) is 1. The van der Waals surface area contributed by atoms with Crippen molar-refractivity contribution in [1.29, 1.82) is 0 Å². The summed E-state index contributed by atoms with van der Waals surface area (Å²) in [6.07, 6.45) is 0.274. The van der Waals surface area contributed by atoms with Gasteiger partial charge in [0.05, 0.1) is 0 Å². The van der Waals surface area contributed by atoms with Gasteiger partial charge in [0.2, 0.25) is 17.6 Å². The van der Waals surface area contributed by atoms with Crippen LogP contribution in [0.25, 0.3) is 11.4 Å². The lowest BCUT2D eigenvalue weighted by Crippen LogP contribution is -2.12. The Kier molecular flexibility index (Phi) is 4.83. The fourth-order valence-corrected chi connectivity index (χ4v) is 2.25. The lowest BCUT2D eigenvalue weighted by atomic mass is 10.1. The normalized spacial score (nSPS) is 10.7. The zero-order chi connectivity index (χ0) is 17.8. The van der Waals surface area contributed by atoms with Gasteiger partial charge in [-0.25, -0.2) is 8.78 Å². The highest BCUT2D eigenvalue weighted by Gasteiger charge is 2.11. The SMILES string of the molecule is Cc1ccc(-c2noc(CCC(=O)Nc3cc(F)cc(F)c3)n2)cc1. The van der Waals surface area contributed by atoms with Crippen molar-refractivity contribution in [2.24, 2.45) is 0 Å². The molecule has 1 aromatic heterocycles. The van der Waals surface area contributed by atoms with Gasteiger partial charge < -0.3 is 9.84 Å². The van der Waals surface area contributed by atoms with Gasteiger partial charge in [0, 0.05) is 30.2 Å². The number of carbonyl (C=O) groups is 1. The Morgan fingerprint density at radius 3 is 2.48 bits per heavy atom. The van der Waals surface area contributed by atoms with Gasteiger partial charge in [-0.2, -0.15) is 4.98 Å². The van der Waals surface area contributed by atoms with Gasteiger partial charge in [0.25, 0.3) is 0 Å². The molecule has 3 aromatic rings. The van der Waals surface area contributed by atoms with Gasteiger partial charge in [-0.15, -0.1) is 0 Å². The molecule has 1 N–H and O–H groups in total. The van der Waals surface area contributed by atoms with E-state index in [4.69, 9.17) is 4.52 Å². The van der Waals surface area contributed by atoms with Crippen molar-refractivity contribution in [2.45, 2.75) is 19.8 Å². The molecule has 0 unspecified atom stereocenters. The van der Waals surface area contributed by atoms with Gasteiger partial charge in [-0.05, 0) is 19.1 Å². The molecule has 0 saturated carbocycles. The minimum absolute atomic E-state index is 0.0493. The molecule has 5 nitrogen and oxygen atoms in total. The molecule has 0 aliphatic heterocycles. The summed E-state index contributed by atoms with van der Waals surface area (Å²) in [6.45, 7) is 1.98. The molecule has 0 atom stereocenters. The van der Waals surface area contributed by atoms with E-state index in [1.165, 1.54) is 0 Å². The zero-order valence-electron chi connectivity index (χ0n) is 13.4. The topological polar surface area (TPSA) is 68.0 Å². The van der Waals surface area contributed by atoms with Gasteiger partial charge in [-0.1, -0.05) is 35.0 Å². The molecule has 0 saturated heterocycles. The van der Waals surface area contributed by atoms with Crippen molar-refractivity contribution in [3.8, 4) is 11.4 Å². The molecule has 3 rings (SSSR count). The van der Waals surface area contributed by atoms with E-state index in [9.17, 15) is 13.6 Å². The molecule has 2 aromatic carbocycles. The Hall–Kier alpha value is -3.09. The molecule has 7 heteroatoms. The van der Waals surface area contributed by atoms with Crippen LogP contribution in [0.4, 0.5) is 14.5 Å². The maximum Gasteiger partial charge on any atom is 0.227 e. The summed E-state index contributed by atoms with van der Waals surface area (Å²) in [4.78, 5) is 16.1. The first-order valence-corrected chi connectivity index (χ1v) is 7.65. The standard InChI is InChI=1S/C18H15F2N3O2/c1-11-2-4-12(5-3-11)18-22-17(25-23-18)7-6-16(24)21-15-9-13(19)8-14(20)10-15/h2-5,8-10H,6-7H2,1H3,(H,21,24). The van der Waals surface area contributed by atoms with Crippen molar-refractivity contribution >= 4 is 11.6 Å². The Bertz CT molecular complexity index is 871. The van der Waals surface area contributed by atoms with Crippen molar-refractivity contribution in [1.82, 2.24) is 10.1 Å². The third-order valence-corrected chi connectivity index (χ3v) is 3.49. The lowest BCUT2D eigenvalue weighted by Gasteiger charge is -2.04. The average molecular weight is 343 g/mol. The Balaban J connectivity index is 1.58. The lowest BCUT2D eigenvalue weighted by molar-refractivity contribution is -0.116. The van der Waals surface area contributed by atoms with E-state index in [1.807, 2.05) is 31.2 Å². The highest BCUT2D eigenvalue weighted by atomic mass is 19.1. The highest BCUT2D eigenvalue weighted by molar-refractivity contribution is 5.90. The first-order valence-electron chi connectivity index (χ1n) is 7.65. The molecule has 25 heavy (non-hydrogen) atoms. The first-order chi connectivity index (χ1) is 12.0. The van der Waals surface area contributed by atoms with Crippen LogP contribution in [0.15, 0.2) is 47.0 Å². The van der Waals surface area contributed by atoms with Crippen LogP contribution in [0.3, 0.4) is 0 Å². The molecule has 0 spiro atoms. The van der Waals surface area contributed by atoms with Crippen molar-refractivity contribution in [2.75, 3.05) is 5.32 Å². The largest absolute Gasteiger partial charge is 0.339 e. The summed E-state index contributed by atoms with van der Waals surface area (Å²) < 4.78 is 31.3. The molecule has 1 amide bonds. The van der Waals surface area contributed by atoms with E-state index in [0.717, 1.165) is 29.3 Å². The van der Waals surface area contributed by atoms with Crippen LogP contribution in [0.2, 0.25) is 0 Å². The van der Waals surface area contributed by atoms with Crippen molar-refractivity contribution < 1.29 is 18.1 Å². The van der Waals surface area contributed by atoms with Crippen LogP contribution in [0, 0.1) is 18.6 Å². The maximum absolute atomic E-state index is 13.1. The van der Waals surface area contributed by atoms with Crippen LogP contribution in [-0.4, -0.2) is 16.0 Å². The Morgan fingerprint density at radius 2 is 1.80 bits per heavy atom. The highest BCUT2D eigenvalue weighted by Crippen LogP contribution is 2.17. The fraction of sp³-hybridized carbons (Fsp3) is 0.167. The van der Waals surface area contributed by atoms with Gasteiger partial charge in [0.1, 0.15) is 11.6 Å². The number of hydrogen-bond acceptors (Lipinski definition) is 4. The fourth-order valence-electron chi connectivity index (χ4n) is 2.25. The van der Waals surface area contributed by atoms with Gasteiger partial charge in [0.15, 0.2) is 0 Å². The summed E-state index contributed by atoms with van der Waals surface area (Å²) in [5.41, 5.74) is 2.01. The quantitative estimate of drug-likeness (QED) is 0.763. The monoisotopic (exact) mass is 343 g/mol. The molecule has 0 radical (unpaired) electrons. The summed E-state index contributed by atoms with van der Waals surface area (Å²) >= 11 is 0. The number of benzene rings is 2. The summed E-state index contributed by atoms with van der Waals surface area (Å²) in [5.74, 6) is -1.15. The minimum atomic E-state index is -0.755. The molecular weight excluding hydrogens is 328 g/mol. The van der Waals surface area contributed by atoms with Gasteiger partial charge >= 0.3 is 0 Å². The second-order valence-electron chi connectivity index (χ2n) is 5.58. The van der Waals surface area contributed by atoms with Crippen LogP contribution < -0.4 is 5.32 Å². The smallest absolute Gasteiger partial charge is 0.227 e. The molecule has 0 fully saturated rings. The molecule has 0 aliphatic carbocycles. The maximum atomic E-state index is 13.1. The second kappa shape index (κ2) is 7.21. The van der Waals surface area contributed by atoms with Crippen LogP contribution in [-0.2, 0) is 11.2 Å². The summed E-state index contributed by atoms with van der Waals surface area (Å²) in [7, 11) is 0. The predicted molar refractivity (Wildman–Crippen MR) is 87.8 cm³/mol. The number of amides is 1. The Morgan fingerprint density at radius 1 is 1.12 bits per heavy atom. The van der Waals surface area contributed by atoms with E-state index in [2.05, 4.69) is 15.5 Å². The number of anilines is 1. The first kappa shape index (κ1) is 16.8. The molecule has 1 heterocycles. The molecular formula is C18H15F2N3O2. The third kappa shape index (κ3) is 4.47. The Labute approximate surface area is 142 Å². The van der Waals surface area contributed by atoms with E-state index in [1.54, 1.807) is 0 Å². The zero-order valence-corrected chi connectivity index (χ0v) is 13.4. The van der Waals surface area contributed by atoms with E-state index >= 15 is 0 Å². The average Bonchev–Trinajstić information content (AvgIpc) is 3.01. The van der Waals surface area contributed by atoms with E-state index in [0.29, 0.717) is 11.7 Å². The minimum Gasteiger partial charge on any atom is -0.339 e. The van der Waals surface area contributed by atoms with Gasteiger partial charge in [-0.3, -0.25) is 4.79 Å². The number of rotatable bonds is 5. The van der Waals surface area contributed by atoms with Crippen LogP contribution >= 0.6 is 0 Å². The second-order valence-corrected chi connectivity index (χ2v) is 5.58.